The van der Waals surface area contributed by atoms with Crippen LogP contribution in [0.2, 0.25) is 0 Å². The molecule has 0 aromatic heterocycles. The summed E-state index contributed by atoms with van der Waals surface area (Å²) in [5.74, 6) is 0.768. The van der Waals surface area contributed by atoms with Crippen LogP contribution >= 0.6 is 0 Å². The minimum atomic E-state index is -0.973. The molecule has 1 fully saturated rings. The van der Waals surface area contributed by atoms with Crippen molar-refractivity contribution in [1.82, 2.24) is 0 Å². The number of carboxylic acids is 1. The Labute approximate surface area is 108 Å². The minimum absolute atomic E-state index is 0.220. The summed E-state index contributed by atoms with van der Waals surface area (Å²) in [5.41, 5.74) is -0.728. The summed E-state index contributed by atoms with van der Waals surface area (Å²) in [6, 6.07) is 0. The highest BCUT2D eigenvalue weighted by Crippen LogP contribution is 2.36. The van der Waals surface area contributed by atoms with Gasteiger partial charge in [-0.3, -0.25) is 0 Å². The molecular weight excluding hydrogens is 235 g/mol. The maximum absolute atomic E-state index is 10.5. The van der Waals surface area contributed by atoms with E-state index in [-0.39, 0.29) is 17.8 Å². The molecule has 102 valence electrons. The summed E-state index contributed by atoms with van der Waals surface area (Å²) in [4.78, 5) is 10.5. The largest absolute Gasteiger partial charge is 0.486 e. The standard InChI is InChI=1S/C12H21BO5/c1-9(10(14)15)16-8-6-7-13-17-11(2,3)12(4,5)18-13/h6-7,9H,8H2,1-5H3,(H,14,15)/b7-6+/t9-/m1/s1. The van der Waals surface area contributed by atoms with Gasteiger partial charge in [-0.25, -0.2) is 4.79 Å². The van der Waals surface area contributed by atoms with Gasteiger partial charge in [0, 0.05) is 0 Å². The first-order valence-corrected chi connectivity index (χ1v) is 6.02. The van der Waals surface area contributed by atoms with Crippen molar-refractivity contribution in [3.8, 4) is 0 Å². The maximum Gasteiger partial charge on any atom is 0.486 e. The molecule has 18 heavy (non-hydrogen) atoms. The molecule has 0 spiro atoms. The molecule has 0 radical (unpaired) electrons. The normalized spacial score (nSPS) is 23.5. The van der Waals surface area contributed by atoms with E-state index < -0.39 is 19.2 Å². The number of ether oxygens (including phenoxy) is 1. The highest BCUT2D eigenvalue weighted by molar-refractivity contribution is 6.51. The van der Waals surface area contributed by atoms with Gasteiger partial charge in [-0.15, -0.1) is 0 Å². The van der Waals surface area contributed by atoms with Crippen molar-refractivity contribution in [2.45, 2.75) is 51.9 Å². The van der Waals surface area contributed by atoms with E-state index in [1.807, 2.05) is 27.7 Å². The molecule has 5 nitrogen and oxygen atoms in total. The lowest BCUT2D eigenvalue weighted by Crippen LogP contribution is -2.41. The summed E-state index contributed by atoms with van der Waals surface area (Å²) in [7, 11) is -0.418. The molecule has 0 amide bonds. The molecule has 0 aromatic carbocycles. The lowest BCUT2D eigenvalue weighted by molar-refractivity contribution is -0.148. The molecular formula is C12H21BO5. The molecule has 0 aliphatic carbocycles. The van der Waals surface area contributed by atoms with Crippen LogP contribution in [0.3, 0.4) is 0 Å². The Morgan fingerprint density at radius 1 is 1.33 bits per heavy atom. The van der Waals surface area contributed by atoms with Gasteiger partial charge >= 0.3 is 13.1 Å². The van der Waals surface area contributed by atoms with Gasteiger partial charge in [-0.05, 0) is 34.6 Å². The molecule has 1 saturated heterocycles. The molecule has 1 rings (SSSR count). The third kappa shape index (κ3) is 3.57. The Kier molecular flexibility index (Phi) is 4.58. The summed E-state index contributed by atoms with van der Waals surface area (Å²) in [5, 5.41) is 8.63. The van der Waals surface area contributed by atoms with Crippen LogP contribution in [0.4, 0.5) is 0 Å². The van der Waals surface area contributed by atoms with Crippen molar-refractivity contribution < 1.29 is 23.9 Å². The Morgan fingerprint density at radius 2 is 1.83 bits per heavy atom. The van der Waals surface area contributed by atoms with Crippen LogP contribution < -0.4 is 0 Å². The summed E-state index contributed by atoms with van der Waals surface area (Å²) >= 11 is 0. The number of hydrogen-bond acceptors (Lipinski definition) is 4. The van der Waals surface area contributed by atoms with E-state index in [9.17, 15) is 4.79 Å². The van der Waals surface area contributed by atoms with E-state index in [1.54, 1.807) is 12.1 Å². The fraction of sp³-hybridized carbons (Fsp3) is 0.750. The molecule has 1 N–H and O–H groups in total. The first-order valence-electron chi connectivity index (χ1n) is 6.02. The Balaban J connectivity index is 2.39. The zero-order chi connectivity index (χ0) is 14.0. The van der Waals surface area contributed by atoms with E-state index in [0.29, 0.717) is 0 Å². The zero-order valence-corrected chi connectivity index (χ0v) is 11.6. The molecule has 0 aromatic rings. The first kappa shape index (κ1) is 15.2. The fourth-order valence-corrected chi connectivity index (χ4v) is 1.41. The van der Waals surface area contributed by atoms with Gasteiger partial charge in [0.05, 0.1) is 17.8 Å². The second kappa shape index (κ2) is 5.42. The van der Waals surface area contributed by atoms with Crippen LogP contribution in [0, 0.1) is 0 Å². The molecule has 0 unspecified atom stereocenters. The summed E-state index contributed by atoms with van der Waals surface area (Å²) in [6.07, 6.45) is 0.898. The molecule has 1 aliphatic heterocycles. The Bertz CT molecular complexity index is 321. The van der Waals surface area contributed by atoms with Crippen molar-refractivity contribution >= 4 is 13.1 Å². The predicted molar refractivity (Wildman–Crippen MR) is 68.3 cm³/mol. The van der Waals surface area contributed by atoms with Gasteiger partial charge in [-0.1, -0.05) is 12.1 Å². The van der Waals surface area contributed by atoms with Gasteiger partial charge in [0.1, 0.15) is 0 Å². The van der Waals surface area contributed by atoms with Crippen LogP contribution in [0.1, 0.15) is 34.6 Å². The van der Waals surface area contributed by atoms with Gasteiger partial charge in [0.15, 0.2) is 6.10 Å². The van der Waals surface area contributed by atoms with E-state index >= 15 is 0 Å². The molecule has 1 aliphatic rings. The van der Waals surface area contributed by atoms with E-state index in [2.05, 4.69) is 0 Å². The second-order valence-corrected chi connectivity index (χ2v) is 5.37. The molecule has 1 atom stereocenters. The van der Waals surface area contributed by atoms with Gasteiger partial charge in [0.25, 0.3) is 0 Å². The number of hydrogen-bond donors (Lipinski definition) is 1. The van der Waals surface area contributed by atoms with Crippen LogP contribution in [0.15, 0.2) is 12.1 Å². The van der Waals surface area contributed by atoms with Crippen LogP contribution in [-0.2, 0) is 18.8 Å². The average molecular weight is 256 g/mol. The third-order valence-corrected chi connectivity index (χ3v) is 3.35. The highest BCUT2D eigenvalue weighted by atomic mass is 16.7. The van der Waals surface area contributed by atoms with Crippen molar-refractivity contribution in [1.29, 1.82) is 0 Å². The lowest BCUT2D eigenvalue weighted by Gasteiger charge is -2.32. The summed E-state index contributed by atoms with van der Waals surface area (Å²) in [6.45, 7) is 9.61. The van der Waals surface area contributed by atoms with Crippen LogP contribution in [0.5, 0.6) is 0 Å². The number of rotatable bonds is 5. The van der Waals surface area contributed by atoms with Crippen LogP contribution in [-0.4, -0.2) is 42.1 Å². The monoisotopic (exact) mass is 256 g/mol. The van der Waals surface area contributed by atoms with Crippen molar-refractivity contribution in [3.05, 3.63) is 12.1 Å². The molecule has 1 heterocycles. The van der Waals surface area contributed by atoms with Crippen LogP contribution in [0.25, 0.3) is 0 Å². The van der Waals surface area contributed by atoms with E-state index in [4.69, 9.17) is 19.2 Å². The predicted octanol–water partition coefficient (Wildman–Crippen LogP) is 1.66. The van der Waals surface area contributed by atoms with Crippen molar-refractivity contribution in [2.24, 2.45) is 0 Å². The maximum atomic E-state index is 10.5. The fourth-order valence-electron chi connectivity index (χ4n) is 1.41. The average Bonchev–Trinajstić information content (AvgIpc) is 2.42. The van der Waals surface area contributed by atoms with Crippen molar-refractivity contribution in [2.75, 3.05) is 6.61 Å². The Hall–Kier alpha value is -0.845. The number of aliphatic carboxylic acids is 1. The van der Waals surface area contributed by atoms with E-state index in [1.165, 1.54) is 6.92 Å². The summed E-state index contributed by atoms with van der Waals surface area (Å²) < 4.78 is 16.5. The van der Waals surface area contributed by atoms with E-state index in [0.717, 1.165) is 0 Å². The topological polar surface area (TPSA) is 65.0 Å². The SMILES string of the molecule is C[C@@H](OC/C=C/B1OC(C)(C)C(C)(C)O1)C(=O)O. The van der Waals surface area contributed by atoms with Crippen molar-refractivity contribution in [3.63, 3.8) is 0 Å². The van der Waals surface area contributed by atoms with Gasteiger partial charge in [-0.2, -0.15) is 0 Å². The molecule has 0 bridgehead atoms. The smallest absolute Gasteiger partial charge is 0.479 e. The minimum Gasteiger partial charge on any atom is -0.479 e. The highest BCUT2D eigenvalue weighted by Gasteiger charge is 2.49. The molecule has 6 heteroatoms. The lowest BCUT2D eigenvalue weighted by atomic mass is 9.90. The molecule has 0 saturated carbocycles. The Morgan fingerprint density at radius 3 is 2.28 bits per heavy atom. The second-order valence-electron chi connectivity index (χ2n) is 5.37. The van der Waals surface area contributed by atoms with Gasteiger partial charge in [0.2, 0.25) is 0 Å². The quantitative estimate of drug-likeness (QED) is 0.758. The number of carboxylic acid groups (broad SMARTS) is 1. The third-order valence-electron chi connectivity index (χ3n) is 3.35. The van der Waals surface area contributed by atoms with Gasteiger partial charge < -0.3 is 19.2 Å². The zero-order valence-electron chi connectivity index (χ0n) is 11.6. The number of carbonyl (C=O) groups is 1. The first-order chi connectivity index (χ1) is 8.16.